The highest BCUT2D eigenvalue weighted by atomic mass is 16.5. The van der Waals surface area contributed by atoms with E-state index in [4.69, 9.17) is 0 Å². The highest BCUT2D eigenvalue weighted by molar-refractivity contribution is 6.02. The molecule has 1 aromatic heterocycles. The number of nitrogens with zero attached hydrogens (tertiary/aromatic N) is 4. The molecule has 1 N–H and O–H groups in total. The van der Waals surface area contributed by atoms with Gasteiger partial charge in [0.15, 0.2) is 5.82 Å². The Morgan fingerprint density at radius 3 is 2.59 bits per heavy atom. The maximum atomic E-state index is 12.2. The fourth-order valence-electron chi connectivity index (χ4n) is 2.41. The number of tetrazole rings is 1. The summed E-state index contributed by atoms with van der Waals surface area (Å²) < 4.78 is 6.20. The molecule has 8 heteroatoms. The fraction of sp³-hybridized carbons (Fsp3) is 0.105. The SMILES string of the molecule is COC(=O)c1ccc(/C=C/C(=O)Nc2cccc(-c3nnnn3C)c2)cc1. The molecule has 0 unspecified atom stereocenters. The lowest BCUT2D eigenvalue weighted by Gasteiger charge is -2.05. The third kappa shape index (κ3) is 4.43. The van der Waals surface area contributed by atoms with Gasteiger partial charge in [0.2, 0.25) is 5.91 Å². The Hall–Kier alpha value is -3.81. The molecule has 3 aromatic rings. The summed E-state index contributed by atoms with van der Waals surface area (Å²) in [6.45, 7) is 0. The second-order valence-corrected chi connectivity index (χ2v) is 5.64. The molecule has 136 valence electrons. The maximum Gasteiger partial charge on any atom is 0.337 e. The van der Waals surface area contributed by atoms with Crippen molar-refractivity contribution in [1.29, 1.82) is 0 Å². The van der Waals surface area contributed by atoms with E-state index in [1.54, 1.807) is 54.2 Å². The van der Waals surface area contributed by atoms with Gasteiger partial charge in [-0.2, -0.15) is 0 Å². The minimum Gasteiger partial charge on any atom is -0.465 e. The van der Waals surface area contributed by atoms with E-state index >= 15 is 0 Å². The van der Waals surface area contributed by atoms with Gasteiger partial charge < -0.3 is 10.1 Å². The predicted molar refractivity (Wildman–Crippen MR) is 99.7 cm³/mol. The molecule has 0 fully saturated rings. The third-order valence-corrected chi connectivity index (χ3v) is 3.77. The summed E-state index contributed by atoms with van der Waals surface area (Å²) in [6.07, 6.45) is 3.08. The molecular formula is C19H17N5O3. The average Bonchev–Trinajstić information content (AvgIpc) is 3.12. The first-order valence-electron chi connectivity index (χ1n) is 8.07. The quantitative estimate of drug-likeness (QED) is 0.552. The van der Waals surface area contributed by atoms with Crippen molar-refractivity contribution in [1.82, 2.24) is 20.2 Å². The Morgan fingerprint density at radius 1 is 1.15 bits per heavy atom. The molecule has 0 saturated heterocycles. The number of methoxy groups -OCH3 is 1. The van der Waals surface area contributed by atoms with Crippen molar-refractivity contribution in [3.05, 3.63) is 65.7 Å². The van der Waals surface area contributed by atoms with E-state index in [1.807, 2.05) is 12.1 Å². The Labute approximate surface area is 155 Å². The maximum absolute atomic E-state index is 12.2. The number of aromatic nitrogens is 4. The molecule has 0 atom stereocenters. The minimum atomic E-state index is -0.402. The van der Waals surface area contributed by atoms with Crippen molar-refractivity contribution in [2.75, 3.05) is 12.4 Å². The van der Waals surface area contributed by atoms with Gasteiger partial charge >= 0.3 is 5.97 Å². The number of hydrogen-bond acceptors (Lipinski definition) is 6. The first-order chi connectivity index (χ1) is 13.1. The van der Waals surface area contributed by atoms with Gasteiger partial charge in [0.1, 0.15) is 0 Å². The van der Waals surface area contributed by atoms with Crippen molar-refractivity contribution in [2.24, 2.45) is 7.05 Å². The van der Waals surface area contributed by atoms with Gasteiger partial charge in [-0.15, -0.1) is 5.10 Å². The molecule has 3 rings (SSSR count). The van der Waals surface area contributed by atoms with Crippen molar-refractivity contribution in [2.45, 2.75) is 0 Å². The van der Waals surface area contributed by atoms with Crippen LogP contribution in [0.15, 0.2) is 54.6 Å². The number of hydrogen-bond donors (Lipinski definition) is 1. The first kappa shape index (κ1) is 18.0. The molecule has 8 nitrogen and oxygen atoms in total. The number of carbonyl (C=O) groups is 2. The zero-order valence-electron chi connectivity index (χ0n) is 14.8. The van der Waals surface area contributed by atoms with Crippen LogP contribution in [0.2, 0.25) is 0 Å². The summed E-state index contributed by atoms with van der Waals surface area (Å²) in [7, 11) is 3.07. The number of carbonyl (C=O) groups excluding carboxylic acids is 2. The largest absolute Gasteiger partial charge is 0.465 e. The molecule has 0 saturated carbocycles. The van der Waals surface area contributed by atoms with Gasteiger partial charge in [0.05, 0.1) is 12.7 Å². The Bertz CT molecular complexity index is 993. The lowest BCUT2D eigenvalue weighted by molar-refractivity contribution is -0.111. The number of benzene rings is 2. The highest BCUT2D eigenvalue weighted by Gasteiger charge is 2.07. The van der Waals surface area contributed by atoms with E-state index in [0.29, 0.717) is 17.1 Å². The van der Waals surface area contributed by atoms with Crippen LogP contribution in [0, 0.1) is 0 Å². The van der Waals surface area contributed by atoms with Gasteiger partial charge in [0, 0.05) is 24.4 Å². The summed E-state index contributed by atoms with van der Waals surface area (Å²) in [5.41, 5.74) is 2.67. The van der Waals surface area contributed by atoms with Crippen LogP contribution in [-0.2, 0) is 16.6 Å². The zero-order chi connectivity index (χ0) is 19.2. The van der Waals surface area contributed by atoms with E-state index < -0.39 is 5.97 Å². The van der Waals surface area contributed by atoms with Crippen LogP contribution < -0.4 is 5.32 Å². The molecule has 0 spiro atoms. The monoisotopic (exact) mass is 363 g/mol. The molecule has 0 bridgehead atoms. The van der Waals surface area contributed by atoms with E-state index in [-0.39, 0.29) is 5.91 Å². The third-order valence-electron chi connectivity index (χ3n) is 3.77. The summed E-state index contributed by atoms with van der Waals surface area (Å²) in [4.78, 5) is 23.6. The van der Waals surface area contributed by atoms with Crippen molar-refractivity contribution in [3.8, 4) is 11.4 Å². The first-order valence-corrected chi connectivity index (χ1v) is 8.07. The highest BCUT2D eigenvalue weighted by Crippen LogP contribution is 2.19. The summed E-state index contributed by atoms with van der Waals surface area (Å²) in [6, 6.07) is 14.0. The number of ether oxygens (including phenoxy) is 1. The van der Waals surface area contributed by atoms with Gasteiger partial charge in [-0.25, -0.2) is 9.48 Å². The number of nitrogens with one attached hydrogen (secondary N) is 1. The van der Waals surface area contributed by atoms with Gasteiger partial charge in [-0.3, -0.25) is 4.79 Å². The van der Waals surface area contributed by atoms with Crippen LogP contribution in [-0.4, -0.2) is 39.2 Å². The molecular weight excluding hydrogens is 346 g/mol. The lowest BCUT2D eigenvalue weighted by atomic mass is 10.1. The molecule has 1 heterocycles. The zero-order valence-corrected chi connectivity index (χ0v) is 14.8. The fourth-order valence-corrected chi connectivity index (χ4v) is 2.41. The van der Waals surface area contributed by atoms with Crippen LogP contribution in [0.3, 0.4) is 0 Å². The van der Waals surface area contributed by atoms with Crippen LogP contribution >= 0.6 is 0 Å². The summed E-state index contributed by atoms with van der Waals surface area (Å²) in [5.74, 6) is -0.0751. The van der Waals surface area contributed by atoms with E-state index in [1.165, 1.54) is 13.2 Å². The Kier molecular flexibility index (Phi) is 5.36. The molecule has 0 aliphatic carbocycles. The summed E-state index contributed by atoms with van der Waals surface area (Å²) >= 11 is 0. The topological polar surface area (TPSA) is 99.0 Å². The Morgan fingerprint density at radius 2 is 1.93 bits per heavy atom. The minimum absolute atomic E-state index is 0.278. The smallest absolute Gasteiger partial charge is 0.337 e. The van der Waals surface area contributed by atoms with E-state index in [9.17, 15) is 9.59 Å². The number of amides is 1. The van der Waals surface area contributed by atoms with Gasteiger partial charge in [0.25, 0.3) is 0 Å². The van der Waals surface area contributed by atoms with E-state index in [2.05, 4.69) is 25.6 Å². The number of anilines is 1. The summed E-state index contributed by atoms with van der Waals surface area (Å²) in [5, 5.41) is 14.2. The molecule has 0 radical (unpaired) electrons. The van der Waals surface area contributed by atoms with Crippen LogP contribution in [0.1, 0.15) is 15.9 Å². The molecule has 2 aromatic carbocycles. The number of rotatable bonds is 5. The van der Waals surface area contributed by atoms with Crippen molar-refractivity contribution in [3.63, 3.8) is 0 Å². The normalized spacial score (nSPS) is 10.7. The molecule has 0 aliphatic heterocycles. The standard InChI is InChI=1S/C19H17N5O3/c1-24-18(21-22-23-24)15-4-3-5-16(12-15)20-17(25)11-8-13-6-9-14(10-7-13)19(26)27-2/h3-12H,1-2H3,(H,20,25)/b11-8+. The second-order valence-electron chi connectivity index (χ2n) is 5.64. The number of aryl methyl sites for hydroxylation is 1. The average molecular weight is 363 g/mol. The van der Waals surface area contributed by atoms with Gasteiger partial charge in [-0.1, -0.05) is 24.3 Å². The van der Waals surface area contributed by atoms with Crippen LogP contribution in [0.25, 0.3) is 17.5 Å². The van der Waals surface area contributed by atoms with Gasteiger partial charge in [-0.05, 0) is 46.3 Å². The van der Waals surface area contributed by atoms with Crippen molar-refractivity contribution < 1.29 is 14.3 Å². The predicted octanol–water partition coefficient (Wildman–Crippen LogP) is 2.32. The van der Waals surface area contributed by atoms with Crippen LogP contribution in [0.4, 0.5) is 5.69 Å². The second kappa shape index (κ2) is 8.05. The van der Waals surface area contributed by atoms with E-state index in [0.717, 1.165) is 11.1 Å². The molecule has 1 amide bonds. The number of esters is 1. The lowest BCUT2D eigenvalue weighted by Crippen LogP contribution is -2.08. The molecule has 0 aliphatic rings. The van der Waals surface area contributed by atoms with Crippen LogP contribution in [0.5, 0.6) is 0 Å². The molecule has 27 heavy (non-hydrogen) atoms. The Balaban J connectivity index is 1.66. The van der Waals surface area contributed by atoms with Crippen molar-refractivity contribution >= 4 is 23.6 Å².